The van der Waals surface area contributed by atoms with Gasteiger partial charge in [-0.25, -0.2) is 9.78 Å². The fourth-order valence-electron chi connectivity index (χ4n) is 4.35. The van der Waals surface area contributed by atoms with Crippen molar-refractivity contribution < 1.29 is 29.6 Å². The summed E-state index contributed by atoms with van der Waals surface area (Å²) < 4.78 is 13.1. The second kappa shape index (κ2) is 10.5. The van der Waals surface area contributed by atoms with E-state index in [-0.39, 0.29) is 34.5 Å². The number of pyridine rings is 1. The van der Waals surface area contributed by atoms with Gasteiger partial charge >= 0.3 is 5.97 Å². The van der Waals surface area contributed by atoms with E-state index in [9.17, 15) is 20.1 Å². The summed E-state index contributed by atoms with van der Waals surface area (Å²) in [6.45, 7) is -0.424. The van der Waals surface area contributed by atoms with Gasteiger partial charge in [0.2, 0.25) is 16.7 Å². The van der Waals surface area contributed by atoms with E-state index in [2.05, 4.69) is 40.6 Å². The highest BCUT2D eigenvalue weighted by molar-refractivity contribution is 6.28. The Hall–Kier alpha value is -3.83. The number of aryl methyl sites for hydroxylation is 1. The van der Waals surface area contributed by atoms with Crippen molar-refractivity contribution in [2.75, 3.05) is 12.3 Å². The first-order chi connectivity index (χ1) is 18.3. The van der Waals surface area contributed by atoms with Gasteiger partial charge in [-0.2, -0.15) is 15.2 Å². The predicted molar refractivity (Wildman–Crippen MR) is 127 cm³/mol. The Bertz CT molecular complexity index is 1410. The van der Waals surface area contributed by atoms with Crippen LogP contribution in [0.15, 0.2) is 30.9 Å². The summed E-state index contributed by atoms with van der Waals surface area (Å²) in [6.07, 6.45) is 0.365. The molecule has 1 fully saturated rings. The number of carboxylic acids is 1. The molecular formula is C21H23ClN10O6. The zero-order valence-corrected chi connectivity index (χ0v) is 20.4. The molecule has 17 heteroatoms. The number of nitrogens with one attached hydrogen (secondary N) is 1. The lowest BCUT2D eigenvalue weighted by molar-refractivity contribution is -0.179. The van der Waals surface area contributed by atoms with Crippen molar-refractivity contribution in [2.45, 2.75) is 49.4 Å². The van der Waals surface area contributed by atoms with Gasteiger partial charge in [-0.05, 0) is 42.5 Å². The van der Waals surface area contributed by atoms with E-state index in [4.69, 9.17) is 26.8 Å². The number of halogens is 1. The minimum Gasteiger partial charge on any atom is -0.479 e. The zero-order chi connectivity index (χ0) is 26.9. The SMILES string of the molecule is Nc1nc(Cl)nc2c1ncn2[C@@H]1O[C@H](COC(CCCc2cccnc2)(C(=O)O)c2nn[nH]n2)[C@@H](O)[C@H]1O. The molecule has 1 aliphatic rings. The summed E-state index contributed by atoms with van der Waals surface area (Å²) in [5, 5.41) is 44.9. The maximum absolute atomic E-state index is 12.5. The predicted octanol–water partition coefficient (Wildman–Crippen LogP) is -0.391. The Balaban J connectivity index is 1.35. The third kappa shape index (κ3) is 4.74. The van der Waals surface area contributed by atoms with Crippen LogP contribution in [0.4, 0.5) is 5.82 Å². The van der Waals surface area contributed by atoms with Crippen LogP contribution in [0.5, 0.6) is 0 Å². The topological polar surface area (TPSA) is 233 Å². The maximum Gasteiger partial charge on any atom is 0.344 e. The highest BCUT2D eigenvalue weighted by Crippen LogP contribution is 2.35. The van der Waals surface area contributed by atoms with E-state index in [1.54, 1.807) is 18.5 Å². The van der Waals surface area contributed by atoms with Gasteiger partial charge in [-0.1, -0.05) is 11.3 Å². The number of fused-ring (bicyclic) bond motifs is 1. The largest absolute Gasteiger partial charge is 0.479 e. The number of hydrogen-bond donors (Lipinski definition) is 5. The number of carboxylic acid groups (broad SMARTS) is 1. The fraction of sp³-hybridized carbons (Fsp3) is 0.429. The Labute approximate surface area is 218 Å². The number of ether oxygens (including phenoxy) is 2. The Morgan fingerprint density at radius 1 is 1.32 bits per heavy atom. The first-order valence-electron chi connectivity index (χ1n) is 11.5. The molecule has 0 bridgehead atoms. The van der Waals surface area contributed by atoms with Crippen molar-refractivity contribution in [2.24, 2.45) is 0 Å². The number of hydrogen-bond acceptors (Lipinski definition) is 13. The molecule has 0 aliphatic carbocycles. The van der Waals surface area contributed by atoms with Crippen LogP contribution in [-0.4, -0.2) is 91.3 Å². The highest BCUT2D eigenvalue weighted by Gasteiger charge is 2.49. The number of aliphatic hydroxyl groups excluding tert-OH is 2. The van der Waals surface area contributed by atoms with E-state index in [0.717, 1.165) is 5.56 Å². The van der Waals surface area contributed by atoms with Crippen LogP contribution in [0.3, 0.4) is 0 Å². The molecule has 6 N–H and O–H groups in total. The lowest BCUT2D eigenvalue weighted by Crippen LogP contribution is -2.44. The summed E-state index contributed by atoms with van der Waals surface area (Å²) >= 11 is 5.92. The molecule has 200 valence electrons. The summed E-state index contributed by atoms with van der Waals surface area (Å²) in [6, 6.07) is 3.66. The molecule has 0 aromatic carbocycles. The number of rotatable bonds is 10. The van der Waals surface area contributed by atoms with Crippen molar-refractivity contribution in [1.82, 2.24) is 45.1 Å². The molecule has 1 saturated heterocycles. The third-order valence-corrected chi connectivity index (χ3v) is 6.46. The number of imidazole rings is 1. The normalized spacial score (nSPS) is 23.0. The van der Waals surface area contributed by atoms with Crippen LogP contribution in [0.1, 0.15) is 30.5 Å². The van der Waals surface area contributed by atoms with Crippen LogP contribution in [0.2, 0.25) is 5.28 Å². The molecule has 0 amide bonds. The minimum atomic E-state index is -2.00. The number of nitrogens with two attached hydrogens (primary N) is 1. The standard InChI is InChI=1S/C21H23ClN10O6/c22-20-26-15(23)12-16(27-20)32(9-25-12)17-14(34)13(33)11(38-17)8-37-21(19(35)36,18-28-30-31-29-18)5-1-3-10-4-2-6-24-7-10/h2,4,6-7,9,11,13-14,17,33-34H,1,3,5,8H2,(H,35,36)(H2,23,26,27)(H,28,29,30,31)/t11-,13-,14-,17-,21?/m1/s1. The molecule has 4 aromatic rings. The molecule has 0 spiro atoms. The first kappa shape index (κ1) is 25.8. The van der Waals surface area contributed by atoms with Gasteiger partial charge in [0.15, 0.2) is 17.7 Å². The van der Waals surface area contributed by atoms with E-state index in [1.807, 2.05) is 6.07 Å². The molecule has 1 aliphatic heterocycles. The van der Waals surface area contributed by atoms with Gasteiger partial charge in [0, 0.05) is 12.4 Å². The molecule has 16 nitrogen and oxygen atoms in total. The summed E-state index contributed by atoms with van der Waals surface area (Å²) in [5.74, 6) is -1.51. The molecule has 0 radical (unpaired) electrons. The molecule has 0 saturated carbocycles. The number of tetrazole rings is 1. The second-order valence-corrected chi connectivity index (χ2v) is 8.98. The van der Waals surface area contributed by atoms with Gasteiger partial charge in [-0.15, -0.1) is 10.2 Å². The minimum absolute atomic E-state index is 0.0214. The van der Waals surface area contributed by atoms with E-state index >= 15 is 0 Å². The number of aromatic amines is 1. The van der Waals surface area contributed by atoms with Gasteiger partial charge in [0.1, 0.15) is 23.8 Å². The smallest absolute Gasteiger partial charge is 0.344 e. The van der Waals surface area contributed by atoms with Crippen molar-refractivity contribution in [3.63, 3.8) is 0 Å². The average Bonchev–Trinajstić information content (AvgIpc) is 3.63. The molecule has 38 heavy (non-hydrogen) atoms. The number of aromatic nitrogens is 9. The Morgan fingerprint density at radius 3 is 2.87 bits per heavy atom. The van der Waals surface area contributed by atoms with Crippen molar-refractivity contribution in [3.05, 3.63) is 47.5 Å². The van der Waals surface area contributed by atoms with Crippen LogP contribution in [-0.2, 0) is 26.3 Å². The molecule has 4 aromatic heterocycles. The van der Waals surface area contributed by atoms with Crippen molar-refractivity contribution in [1.29, 1.82) is 0 Å². The van der Waals surface area contributed by atoms with Crippen molar-refractivity contribution in [3.8, 4) is 0 Å². The maximum atomic E-state index is 12.5. The highest BCUT2D eigenvalue weighted by atomic mass is 35.5. The Kier molecular flexibility index (Phi) is 7.13. The van der Waals surface area contributed by atoms with Crippen LogP contribution in [0.25, 0.3) is 11.2 Å². The van der Waals surface area contributed by atoms with Gasteiger partial charge in [0.25, 0.3) is 0 Å². The number of carbonyl (C=O) groups is 1. The van der Waals surface area contributed by atoms with Crippen LogP contribution >= 0.6 is 11.6 Å². The van der Waals surface area contributed by atoms with E-state index < -0.39 is 42.7 Å². The molecule has 5 rings (SSSR count). The molecule has 5 atom stereocenters. The number of anilines is 1. The number of nitrogen functional groups attached to an aromatic ring is 1. The third-order valence-electron chi connectivity index (χ3n) is 6.30. The van der Waals surface area contributed by atoms with E-state index in [0.29, 0.717) is 12.8 Å². The molecule has 1 unspecified atom stereocenters. The van der Waals surface area contributed by atoms with Crippen LogP contribution in [0, 0.1) is 0 Å². The zero-order valence-electron chi connectivity index (χ0n) is 19.6. The second-order valence-electron chi connectivity index (χ2n) is 8.64. The molecular weight excluding hydrogens is 524 g/mol. The van der Waals surface area contributed by atoms with Gasteiger partial charge in [0.05, 0.1) is 12.9 Å². The monoisotopic (exact) mass is 546 g/mol. The van der Waals surface area contributed by atoms with Crippen LogP contribution < -0.4 is 5.73 Å². The van der Waals surface area contributed by atoms with E-state index in [1.165, 1.54) is 10.9 Å². The van der Waals surface area contributed by atoms with Gasteiger partial charge < -0.3 is 30.5 Å². The lowest BCUT2D eigenvalue weighted by atomic mass is 9.94. The fourth-order valence-corrected chi connectivity index (χ4v) is 4.52. The lowest BCUT2D eigenvalue weighted by Gasteiger charge is -2.28. The summed E-state index contributed by atoms with van der Waals surface area (Å²) in [5.41, 5.74) is 5.17. The number of H-pyrrole nitrogens is 1. The van der Waals surface area contributed by atoms with Gasteiger partial charge in [-0.3, -0.25) is 9.55 Å². The number of nitrogens with zero attached hydrogens (tertiary/aromatic N) is 8. The van der Waals surface area contributed by atoms with Crippen molar-refractivity contribution >= 4 is 34.6 Å². The molecule has 5 heterocycles. The Morgan fingerprint density at radius 2 is 2.16 bits per heavy atom. The summed E-state index contributed by atoms with van der Waals surface area (Å²) in [4.78, 5) is 28.6. The first-order valence-corrected chi connectivity index (χ1v) is 11.9. The average molecular weight is 547 g/mol. The summed E-state index contributed by atoms with van der Waals surface area (Å²) in [7, 11) is 0. The number of aliphatic hydroxyl groups is 2. The number of aliphatic carboxylic acids is 1. The quantitative estimate of drug-likeness (QED) is 0.159.